The quantitative estimate of drug-likeness (QED) is 0.621. The predicted octanol–water partition coefficient (Wildman–Crippen LogP) is 3.54. The van der Waals surface area contributed by atoms with Gasteiger partial charge in [0, 0.05) is 22.0 Å². The lowest BCUT2D eigenvalue weighted by atomic mass is 10.1. The van der Waals surface area contributed by atoms with Crippen LogP contribution < -0.4 is 10.5 Å². The molecule has 1 amide bonds. The number of primary amides is 1. The first-order valence-corrected chi connectivity index (χ1v) is 9.51. The molecule has 0 aliphatic carbocycles. The van der Waals surface area contributed by atoms with Gasteiger partial charge in [-0.05, 0) is 43.3 Å². The van der Waals surface area contributed by atoms with E-state index in [0.29, 0.717) is 33.2 Å². The van der Waals surface area contributed by atoms with E-state index >= 15 is 0 Å². The minimum absolute atomic E-state index is 0.0946. The minimum atomic E-state index is -3.79. The summed E-state index contributed by atoms with van der Waals surface area (Å²) >= 11 is 5.81. The van der Waals surface area contributed by atoms with Gasteiger partial charge in [0.25, 0.3) is 15.9 Å². The number of nitrogens with one attached hydrogen (secondary N) is 2. The largest absolute Gasteiger partial charge is 0.366 e. The summed E-state index contributed by atoms with van der Waals surface area (Å²) in [6.45, 7) is 1.73. The summed E-state index contributed by atoms with van der Waals surface area (Å²) in [4.78, 5) is 14.6. The van der Waals surface area contributed by atoms with Crippen LogP contribution in [0.4, 0.5) is 5.69 Å². The van der Waals surface area contributed by atoms with Gasteiger partial charge < -0.3 is 10.7 Å². The number of sulfonamides is 1. The van der Waals surface area contributed by atoms with Gasteiger partial charge in [0.1, 0.15) is 0 Å². The third-order valence-corrected chi connectivity index (χ3v) is 5.50. The lowest BCUT2D eigenvalue weighted by Gasteiger charge is -2.12. The summed E-state index contributed by atoms with van der Waals surface area (Å²) in [5.41, 5.74) is 7.88. The van der Waals surface area contributed by atoms with Crippen LogP contribution in [-0.4, -0.2) is 19.3 Å². The highest BCUT2D eigenvalue weighted by atomic mass is 35.5. The van der Waals surface area contributed by atoms with Crippen LogP contribution in [0.5, 0.6) is 0 Å². The van der Waals surface area contributed by atoms with Gasteiger partial charge in [0.15, 0.2) is 0 Å². The number of anilines is 1. The number of aryl methyl sites for hydroxylation is 1. The van der Waals surface area contributed by atoms with Crippen molar-refractivity contribution in [1.29, 1.82) is 0 Å². The van der Waals surface area contributed by atoms with Gasteiger partial charge in [0.2, 0.25) is 0 Å². The number of amides is 1. The Morgan fingerprint density at radius 2 is 1.77 bits per heavy atom. The molecule has 3 rings (SSSR count). The molecule has 134 valence electrons. The van der Waals surface area contributed by atoms with Crippen LogP contribution in [0, 0.1) is 6.92 Å². The maximum absolute atomic E-state index is 12.6. The molecule has 6 nitrogen and oxygen atoms in total. The third-order valence-electron chi connectivity index (χ3n) is 3.87. The van der Waals surface area contributed by atoms with Crippen molar-refractivity contribution in [2.24, 2.45) is 5.73 Å². The summed E-state index contributed by atoms with van der Waals surface area (Å²) in [6, 6.07) is 14.4. The monoisotopic (exact) mass is 389 g/mol. The van der Waals surface area contributed by atoms with Gasteiger partial charge in [-0.15, -0.1) is 0 Å². The number of H-pyrrole nitrogens is 1. The molecule has 0 radical (unpaired) electrons. The van der Waals surface area contributed by atoms with Crippen LogP contribution >= 0.6 is 11.6 Å². The molecule has 2 aromatic carbocycles. The third kappa shape index (κ3) is 3.58. The number of halogens is 1. The molecule has 0 aliphatic heterocycles. The van der Waals surface area contributed by atoms with Gasteiger partial charge in [0.05, 0.1) is 16.1 Å². The SMILES string of the molecule is Cc1[nH]c(-c2ccccc2NS(=O)(=O)c2ccc(Cl)cc2)cc1C(N)=O. The van der Waals surface area contributed by atoms with Gasteiger partial charge in [-0.2, -0.15) is 0 Å². The summed E-state index contributed by atoms with van der Waals surface area (Å²) in [7, 11) is -3.79. The van der Waals surface area contributed by atoms with E-state index < -0.39 is 15.9 Å². The van der Waals surface area contributed by atoms with Crippen LogP contribution in [0.1, 0.15) is 16.1 Å². The Balaban J connectivity index is 2.01. The van der Waals surface area contributed by atoms with Crippen molar-refractivity contribution >= 4 is 33.2 Å². The topological polar surface area (TPSA) is 105 Å². The fourth-order valence-electron chi connectivity index (χ4n) is 2.58. The Kier molecular flexibility index (Phi) is 4.76. The van der Waals surface area contributed by atoms with Crippen LogP contribution in [-0.2, 0) is 10.0 Å². The Labute approximate surface area is 156 Å². The highest BCUT2D eigenvalue weighted by Crippen LogP contribution is 2.30. The molecule has 0 saturated heterocycles. The number of para-hydroxylation sites is 1. The number of aromatic nitrogens is 1. The van der Waals surface area contributed by atoms with E-state index in [2.05, 4.69) is 9.71 Å². The highest BCUT2D eigenvalue weighted by molar-refractivity contribution is 7.92. The number of aromatic amines is 1. The number of hydrogen-bond acceptors (Lipinski definition) is 3. The van der Waals surface area contributed by atoms with Crippen molar-refractivity contribution in [3.63, 3.8) is 0 Å². The molecular weight excluding hydrogens is 374 g/mol. The van der Waals surface area contributed by atoms with Crippen LogP contribution in [0.2, 0.25) is 5.02 Å². The lowest BCUT2D eigenvalue weighted by Crippen LogP contribution is -2.13. The summed E-state index contributed by atoms with van der Waals surface area (Å²) in [5, 5.41) is 0.449. The van der Waals surface area contributed by atoms with Crippen molar-refractivity contribution in [3.8, 4) is 11.3 Å². The van der Waals surface area contributed by atoms with Crippen LogP contribution in [0.15, 0.2) is 59.5 Å². The molecule has 3 aromatic rings. The molecule has 0 unspecified atom stereocenters. The first-order chi connectivity index (χ1) is 12.3. The zero-order chi connectivity index (χ0) is 18.9. The van der Waals surface area contributed by atoms with E-state index in [9.17, 15) is 13.2 Å². The van der Waals surface area contributed by atoms with Crippen molar-refractivity contribution in [2.75, 3.05) is 4.72 Å². The van der Waals surface area contributed by atoms with Crippen molar-refractivity contribution in [3.05, 3.63) is 70.9 Å². The molecule has 0 aliphatic rings. The van der Waals surface area contributed by atoms with E-state index in [0.717, 1.165) is 0 Å². The average molecular weight is 390 g/mol. The molecule has 4 N–H and O–H groups in total. The second kappa shape index (κ2) is 6.86. The van der Waals surface area contributed by atoms with E-state index in [1.807, 2.05) is 0 Å². The fraction of sp³-hybridized carbons (Fsp3) is 0.0556. The van der Waals surface area contributed by atoms with Gasteiger partial charge in [-0.1, -0.05) is 29.8 Å². The summed E-state index contributed by atoms with van der Waals surface area (Å²) in [6.07, 6.45) is 0. The molecule has 0 fully saturated rings. The first-order valence-electron chi connectivity index (χ1n) is 7.65. The minimum Gasteiger partial charge on any atom is -0.366 e. The zero-order valence-corrected chi connectivity index (χ0v) is 15.4. The molecule has 1 heterocycles. The van der Waals surface area contributed by atoms with Crippen molar-refractivity contribution in [1.82, 2.24) is 4.98 Å². The molecule has 0 bridgehead atoms. The van der Waals surface area contributed by atoms with Crippen LogP contribution in [0.3, 0.4) is 0 Å². The van der Waals surface area contributed by atoms with Crippen LogP contribution in [0.25, 0.3) is 11.3 Å². The highest BCUT2D eigenvalue weighted by Gasteiger charge is 2.18. The van der Waals surface area contributed by atoms with Gasteiger partial charge >= 0.3 is 0 Å². The Bertz CT molecular complexity index is 1070. The zero-order valence-electron chi connectivity index (χ0n) is 13.8. The van der Waals surface area contributed by atoms with E-state index in [-0.39, 0.29) is 4.90 Å². The second-order valence-electron chi connectivity index (χ2n) is 5.69. The average Bonchev–Trinajstić information content (AvgIpc) is 2.97. The van der Waals surface area contributed by atoms with E-state index in [4.69, 9.17) is 17.3 Å². The Hall–Kier alpha value is -2.77. The predicted molar refractivity (Wildman–Crippen MR) is 102 cm³/mol. The molecule has 1 aromatic heterocycles. The smallest absolute Gasteiger partial charge is 0.261 e. The number of rotatable bonds is 5. The lowest BCUT2D eigenvalue weighted by molar-refractivity contribution is 0.1000. The Morgan fingerprint density at radius 3 is 2.38 bits per heavy atom. The van der Waals surface area contributed by atoms with E-state index in [1.54, 1.807) is 37.3 Å². The maximum Gasteiger partial charge on any atom is 0.261 e. The number of nitrogens with two attached hydrogens (primary N) is 1. The molecule has 0 saturated carbocycles. The normalized spacial score (nSPS) is 11.3. The Morgan fingerprint density at radius 1 is 1.12 bits per heavy atom. The summed E-state index contributed by atoms with van der Waals surface area (Å²) < 4.78 is 27.8. The number of carbonyl (C=O) groups is 1. The van der Waals surface area contributed by atoms with Gasteiger partial charge in [-0.25, -0.2) is 8.42 Å². The van der Waals surface area contributed by atoms with Gasteiger partial charge in [-0.3, -0.25) is 9.52 Å². The number of benzene rings is 2. The van der Waals surface area contributed by atoms with Crippen molar-refractivity contribution < 1.29 is 13.2 Å². The molecular formula is C18H16ClN3O3S. The van der Waals surface area contributed by atoms with E-state index in [1.165, 1.54) is 24.3 Å². The maximum atomic E-state index is 12.6. The first kappa shape index (κ1) is 18.0. The molecule has 8 heteroatoms. The molecule has 0 spiro atoms. The number of carbonyl (C=O) groups excluding carboxylic acids is 1. The fourth-order valence-corrected chi connectivity index (χ4v) is 3.79. The summed E-state index contributed by atoms with van der Waals surface area (Å²) in [5.74, 6) is -0.552. The second-order valence-corrected chi connectivity index (χ2v) is 7.81. The molecule has 26 heavy (non-hydrogen) atoms. The number of hydrogen-bond donors (Lipinski definition) is 3. The standard InChI is InChI=1S/C18H16ClN3O3S/c1-11-15(18(20)23)10-17(21-11)14-4-2-3-5-16(14)22-26(24,25)13-8-6-12(19)7-9-13/h2-10,21-22H,1H3,(H2,20,23). The van der Waals surface area contributed by atoms with Crippen molar-refractivity contribution in [2.45, 2.75) is 11.8 Å². The molecule has 0 atom stereocenters.